The molecule has 3 heteroatoms. The minimum absolute atomic E-state index is 0.857. The average molecular weight is 669 g/mol. The molecular weight excluding hydrogens is 637 g/mol. The number of aliphatic imine (C=N–C) groups is 1. The Labute approximate surface area is 299 Å². The lowest BCUT2D eigenvalue weighted by molar-refractivity contribution is 1.00. The summed E-state index contributed by atoms with van der Waals surface area (Å²) in [5, 5.41) is 9.26. The van der Waals surface area contributed by atoms with E-state index in [-0.39, 0.29) is 0 Å². The molecular formula is C48H32N2S. The van der Waals surface area contributed by atoms with Crippen molar-refractivity contribution < 1.29 is 0 Å². The van der Waals surface area contributed by atoms with Gasteiger partial charge in [0.1, 0.15) is 0 Å². The van der Waals surface area contributed by atoms with Crippen LogP contribution in [0.5, 0.6) is 0 Å². The van der Waals surface area contributed by atoms with E-state index in [2.05, 4.69) is 156 Å². The van der Waals surface area contributed by atoms with Crippen LogP contribution in [0.1, 0.15) is 33.6 Å². The van der Waals surface area contributed by atoms with Crippen LogP contribution in [0.2, 0.25) is 0 Å². The normalized spacial score (nSPS) is 14.0. The summed E-state index contributed by atoms with van der Waals surface area (Å²) in [4.78, 5) is 6.35. The zero-order chi connectivity index (χ0) is 33.5. The molecule has 0 unspecified atom stereocenters. The highest BCUT2D eigenvalue weighted by molar-refractivity contribution is 7.21. The Balaban J connectivity index is 1.04. The number of nitrogens with zero attached hydrogens (tertiary/aromatic N) is 2. The Kier molecular flexibility index (Phi) is 6.34. The van der Waals surface area contributed by atoms with Gasteiger partial charge in [0.2, 0.25) is 0 Å². The predicted octanol–water partition coefficient (Wildman–Crippen LogP) is 12.8. The van der Waals surface area contributed by atoms with Gasteiger partial charge in [0.15, 0.2) is 0 Å². The molecule has 2 aliphatic rings. The molecule has 0 bridgehead atoms. The Morgan fingerprint density at radius 3 is 2.12 bits per heavy atom. The van der Waals surface area contributed by atoms with Crippen LogP contribution in [0.25, 0.3) is 76.3 Å². The fraction of sp³-hybridized carbons (Fsp3) is 0.0625. The predicted molar refractivity (Wildman–Crippen MR) is 219 cm³/mol. The van der Waals surface area contributed by atoms with Crippen molar-refractivity contribution in [3.63, 3.8) is 0 Å². The number of hydrogen-bond acceptors (Lipinski definition) is 2. The highest BCUT2D eigenvalue weighted by Gasteiger charge is 2.21. The number of thiophene rings is 1. The zero-order valence-corrected chi connectivity index (χ0v) is 28.8. The zero-order valence-electron chi connectivity index (χ0n) is 27.9. The number of fused-ring (bicyclic) bond motifs is 12. The van der Waals surface area contributed by atoms with Crippen molar-refractivity contribution >= 4 is 76.6 Å². The molecule has 1 aliphatic carbocycles. The van der Waals surface area contributed by atoms with Crippen molar-refractivity contribution in [2.45, 2.75) is 19.3 Å². The molecule has 51 heavy (non-hydrogen) atoms. The van der Waals surface area contributed by atoms with E-state index in [0.717, 1.165) is 30.5 Å². The summed E-state index contributed by atoms with van der Waals surface area (Å²) in [5.74, 6) is 0. The third kappa shape index (κ3) is 4.38. The quantitative estimate of drug-likeness (QED) is 0.167. The maximum Gasteiger partial charge on any atom is 0.0877 e. The number of rotatable bonds is 3. The lowest BCUT2D eigenvalue weighted by atomic mass is 9.85. The summed E-state index contributed by atoms with van der Waals surface area (Å²) in [5.41, 5.74) is 12.5. The highest BCUT2D eigenvalue weighted by Crippen LogP contribution is 2.41. The van der Waals surface area contributed by atoms with Crippen molar-refractivity contribution in [2.75, 3.05) is 0 Å². The summed E-state index contributed by atoms with van der Waals surface area (Å²) in [6.07, 6.45) is 11.9. The number of allylic oxidation sites excluding steroid dienone is 2. The van der Waals surface area contributed by atoms with E-state index in [0.29, 0.717) is 0 Å². The molecule has 0 N–H and O–H groups in total. The van der Waals surface area contributed by atoms with Gasteiger partial charge in [-0.25, -0.2) is 0 Å². The third-order valence-corrected chi connectivity index (χ3v) is 12.2. The first kappa shape index (κ1) is 28.8. The molecule has 11 rings (SSSR count). The van der Waals surface area contributed by atoms with Crippen molar-refractivity contribution in [2.24, 2.45) is 4.99 Å². The standard InChI is InChI=1S/C48H32N2S/c1-2-15-36-34(13-1)35-14-3-4-16-37(35)42-28-31(22-24-38(36)42)30-11-9-12-32(27-30)47-48-41(19-10-26-49-47)43-29-33(23-25-46(43)51-48)50-44-20-7-5-17-39(44)40-18-6-8-21-45(40)50/h1,3-14,16-18,20-29H,2,15,19H2. The van der Waals surface area contributed by atoms with Crippen LogP contribution < -0.4 is 0 Å². The van der Waals surface area contributed by atoms with Crippen molar-refractivity contribution in [3.05, 3.63) is 179 Å². The Morgan fingerprint density at radius 2 is 1.27 bits per heavy atom. The van der Waals surface area contributed by atoms with Gasteiger partial charge in [-0.1, -0.05) is 109 Å². The number of aryl methyl sites for hydroxylation is 1. The van der Waals surface area contributed by atoms with Crippen LogP contribution in [0.3, 0.4) is 0 Å². The fourth-order valence-corrected chi connectivity index (χ4v) is 9.87. The molecule has 0 saturated carbocycles. The van der Waals surface area contributed by atoms with E-state index in [1.165, 1.54) is 91.8 Å². The van der Waals surface area contributed by atoms with Gasteiger partial charge in [-0.2, -0.15) is 0 Å². The maximum atomic E-state index is 5.09. The highest BCUT2D eigenvalue weighted by atomic mass is 32.1. The Bertz CT molecular complexity index is 2950. The molecule has 9 aromatic rings. The third-order valence-electron chi connectivity index (χ3n) is 11.0. The topological polar surface area (TPSA) is 17.3 Å². The van der Waals surface area contributed by atoms with E-state index in [4.69, 9.17) is 4.99 Å². The second kappa shape index (κ2) is 11.2. The molecule has 0 atom stereocenters. The van der Waals surface area contributed by atoms with E-state index >= 15 is 0 Å². The molecule has 3 heterocycles. The van der Waals surface area contributed by atoms with Crippen LogP contribution >= 0.6 is 11.3 Å². The van der Waals surface area contributed by atoms with E-state index in [9.17, 15) is 0 Å². The summed E-state index contributed by atoms with van der Waals surface area (Å²) in [7, 11) is 0. The van der Waals surface area contributed by atoms with E-state index in [1.807, 2.05) is 17.5 Å². The molecule has 2 aromatic heterocycles. The van der Waals surface area contributed by atoms with E-state index in [1.54, 1.807) is 0 Å². The van der Waals surface area contributed by atoms with Gasteiger partial charge in [-0.3, -0.25) is 4.99 Å². The number of para-hydroxylation sites is 2. The average Bonchev–Trinajstić information content (AvgIpc) is 3.64. The fourth-order valence-electron chi connectivity index (χ4n) is 8.64. The first-order chi connectivity index (χ1) is 25.3. The van der Waals surface area contributed by atoms with Crippen molar-refractivity contribution in [3.8, 4) is 16.8 Å². The van der Waals surface area contributed by atoms with Gasteiger partial charge in [0, 0.05) is 32.9 Å². The van der Waals surface area contributed by atoms with Gasteiger partial charge in [-0.05, 0) is 116 Å². The molecule has 0 spiro atoms. The number of benzene rings is 7. The maximum absolute atomic E-state index is 5.09. The lowest BCUT2D eigenvalue weighted by Crippen LogP contribution is -2.03. The largest absolute Gasteiger partial charge is 0.309 e. The second-order valence-corrected chi connectivity index (χ2v) is 14.8. The molecule has 0 fully saturated rings. The molecule has 0 saturated heterocycles. The van der Waals surface area contributed by atoms with Crippen LogP contribution in [0, 0.1) is 0 Å². The summed E-state index contributed by atoms with van der Waals surface area (Å²) < 4.78 is 3.71. The summed E-state index contributed by atoms with van der Waals surface area (Å²) in [6, 6.07) is 49.4. The van der Waals surface area contributed by atoms with E-state index < -0.39 is 0 Å². The number of aromatic nitrogens is 1. The molecule has 1 aliphatic heterocycles. The lowest BCUT2D eigenvalue weighted by Gasteiger charge is -2.18. The van der Waals surface area contributed by atoms with Crippen LogP contribution in [-0.2, 0) is 12.8 Å². The van der Waals surface area contributed by atoms with Crippen LogP contribution in [0.4, 0.5) is 0 Å². The first-order valence-electron chi connectivity index (χ1n) is 17.8. The molecule has 0 radical (unpaired) electrons. The SMILES string of the molecule is C1=Cc2c(c3ccc(-c4cccc(C5=NC=CCc6c5sc5ccc(-n7c8ccccc8c8ccccc87)cc65)c4)cc3c3ccccc23)CC1. The van der Waals surface area contributed by atoms with Crippen LogP contribution in [-0.4, -0.2) is 10.3 Å². The molecule has 240 valence electrons. The number of hydrogen-bond donors (Lipinski definition) is 0. The van der Waals surface area contributed by atoms with Gasteiger partial charge < -0.3 is 4.57 Å². The van der Waals surface area contributed by atoms with Gasteiger partial charge in [-0.15, -0.1) is 11.3 Å². The summed E-state index contributed by atoms with van der Waals surface area (Å²) in [6.45, 7) is 0. The Hall–Kier alpha value is -6.03. The van der Waals surface area contributed by atoms with Crippen molar-refractivity contribution in [1.82, 2.24) is 4.57 Å². The monoisotopic (exact) mass is 668 g/mol. The smallest absolute Gasteiger partial charge is 0.0877 e. The minimum atomic E-state index is 0.857. The minimum Gasteiger partial charge on any atom is -0.309 e. The summed E-state index contributed by atoms with van der Waals surface area (Å²) >= 11 is 1.86. The molecule has 0 amide bonds. The van der Waals surface area contributed by atoms with Crippen LogP contribution in [0.15, 0.2) is 157 Å². The first-order valence-corrected chi connectivity index (χ1v) is 18.6. The Morgan fingerprint density at radius 1 is 0.529 bits per heavy atom. The second-order valence-electron chi connectivity index (χ2n) is 13.7. The van der Waals surface area contributed by atoms with Gasteiger partial charge >= 0.3 is 0 Å². The molecule has 7 aromatic carbocycles. The van der Waals surface area contributed by atoms with Crippen molar-refractivity contribution in [1.29, 1.82) is 0 Å². The van der Waals surface area contributed by atoms with Gasteiger partial charge in [0.05, 0.1) is 21.6 Å². The molecule has 2 nitrogen and oxygen atoms in total. The van der Waals surface area contributed by atoms with Gasteiger partial charge in [0.25, 0.3) is 0 Å².